The van der Waals surface area contributed by atoms with E-state index in [2.05, 4.69) is 51.1 Å². The zero-order valence-corrected chi connectivity index (χ0v) is 14.5. The second-order valence-corrected chi connectivity index (χ2v) is 7.02. The number of hydrogen-bond donors (Lipinski definition) is 0. The summed E-state index contributed by atoms with van der Waals surface area (Å²) in [5.74, 6) is 0. The number of hydrogen-bond acceptors (Lipinski definition) is 4. The molecule has 2 saturated heterocycles. The average Bonchev–Trinajstić information content (AvgIpc) is 3.17. The van der Waals surface area contributed by atoms with Gasteiger partial charge in [-0.3, -0.25) is 4.90 Å². The molecule has 24 heavy (non-hydrogen) atoms. The van der Waals surface area contributed by atoms with Crippen LogP contribution in [-0.2, 0) is 0 Å². The minimum atomic E-state index is 0.797. The van der Waals surface area contributed by atoms with Gasteiger partial charge in [0, 0.05) is 50.3 Å². The fraction of sp³-hybridized carbons (Fsp3) is 0.526. The first-order chi connectivity index (χ1) is 11.8. The highest BCUT2D eigenvalue weighted by atomic mass is 15.3. The van der Waals surface area contributed by atoms with Crippen LogP contribution in [-0.4, -0.2) is 71.9 Å². The highest BCUT2D eigenvalue weighted by Gasteiger charge is 2.26. The Hall–Kier alpha value is -1.85. The van der Waals surface area contributed by atoms with Crippen LogP contribution >= 0.6 is 0 Å². The van der Waals surface area contributed by atoms with Crippen molar-refractivity contribution >= 4 is 5.69 Å². The van der Waals surface area contributed by atoms with Gasteiger partial charge in [0.1, 0.15) is 0 Å². The molecular weight excluding hydrogens is 298 g/mol. The van der Waals surface area contributed by atoms with Crippen molar-refractivity contribution in [3.63, 3.8) is 0 Å². The van der Waals surface area contributed by atoms with E-state index in [0.29, 0.717) is 0 Å². The highest BCUT2D eigenvalue weighted by molar-refractivity contribution is 5.51. The molecule has 0 unspecified atom stereocenters. The second kappa shape index (κ2) is 6.95. The lowest BCUT2D eigenvalue weighted by molar-refractivity contribution is 0.115. The maximum absolute atomic E-state index is 4.29. The number of likely N-dealkylation sites (tertiary alicyclic amines) is 1. The lowest BCUT2D eigenvalue weighted by atomic mass is 10.0. The smallest absolute Gasteiger partial charge is 0.0647 e. The normalized spacial score (nSPS) is 21.3. The first-order valence-corrected chi connectivity index (χ1v) is 9.07. The van der Waals surface area contributed by atoms with Crippen molar-refractivity contribution in [2.45, 2.75) is 18.9 Å². The minimum Gasteiger partial charge on any atom is -0.369 e. The van der Waals surface area contributed by atoms with Gasteiger partial charge in [0.05, 0.1) is 5.69 Å². The van der Waals surface area contributed by atoms with Gasteiger partial charge in [-0.1, -0.05) is 0 Å². The highest BCUT2D eigenvalue weighted by Crippen LogP contribution is 2.22. The van der Waals surface area contributed by atoms with Crippen LogP contribution in [0.25, 0.3) is 5.69 Å². The monoisotopic (exact) mass is 325 g/mol. The Bertz CT molecular complexity index is 620. The Balaban J connectivity index is 1.34. The number of piperazine rings is 1. The fourth-order valence-electron chi connectivity index (χ4n) is 3.94. The van der Waals surface area contributed by atoms with E-state index in [-0.39, 0.29) is 0 Å². The van der Waals surface area contributed by atoms with Gasteiger partial charge >= 0.3 is 0 Å². The molecule has 1 aromatic heterocycles. The third-order valence-electron chi connectivity index (χ3n) is 5.50. The molecule has 5 nitrogen and oxygen atoms in total. The van der Waals surface area contributed by atoms with Gasteiger partial charge in [0.2, 0.25) is 0 Å². The molecule has 0 spiro atoms. The first-order valence-electron chi connectivity index (χ1n) is 9.07. The zero-order chi connectivity index (χ0) is 16.4. The molecular formula is C19H27N5. The third kappa shape index (κ3) is 3.32. The SMILES string of the molecule is CN1CCC(N2CCN(c3ccc(-n4cccn4)cc3)CC2)CC1. The van der Waals surface area contributed by atoms with Crippen molar-refractivity contribution in [1.29, 1.82) is 0 Å². The van der Waals surface area contributed by atoms with Crippen LogP contribution in [0.15, 0.2) is 42.7 Å². The van der Waals surface area contributed by atoms with E-state index in [1.807, 2.05) is 23.1 Å². The van der Waals surface area contributed by atoms with Crippen molar-refractivity contribution in [1.82, 2.24) is 19.6 Å². The molecule has 0 bridgehead atoms. The van der Waals surface area contributed by atoms with E-state index in [0.717, 1.165) is 24.8 Å². The Morgan fingerprint density at radius 3 is 2.17 bits per heavy atom. The molecule has 4 rings (SSSR count). The number of benzene rings is 1. The van der Waals surface area contributed by atoms with E-state index < -0.39 is 0 Å². The quantitative estimate of drug-likeness (QED) is 0.864. The largest absolute Gasteiger partial charge is 0.369 e. The van der Waals surface area contributed by atoms with Crippen molar-refractivity contribution in [2.24, 2.45) is 0 Å². The van der Waals surface area contributed by atoms with Crippen molar-refractivity contribution in [2.75, 3.05) is 51.2 Å². The number of nitrogens with zero attached hydrogens (tertiary/aromatic N) is 5. The molecule has 0 N–H and O–H groups in total. The predicted molar refractivity (Wildman–Crippen MR) is 97.9 cm³/mol. The summed E-state index contributed by atoms with van der Waals surface area (Å²) >= 11 is 0. The van der Waals surface area contributed by atoms with Gasteiger partial charge in [0.15, 0.2) is 0 Å². The first kappa shape index (κ1) is 15.7. The van der Waals surface area contributed by atoms with Gasteiger partial charge in [-0.25, -0.2) is 4.68 Å². The summed E-state index contributed by atoms with van der Waals surface area (Å²) in [7, 11) is 2.24. The number of piperidine rings is 1. The summed E-state index contributed by atoms with van der Waals surface area (Å²) in [5.41, 5.74) is 2.45. The van der Waals surface area contributed by atoms with Gasteiger partial charge in [-0.05, 0) is 63.3 Å². The fourth-order valence-corrected chi connectivity index (χ4v) is 3.94. The van der Waals surface area contributed by atoms with Crippen molar-refractivity contribution in [3.05, 3.63) is 42.7 Å². The molecule has 0 amide bonds. The minimum absolute atomic E-state index is 0.797. The Morgan fingerprint density at radius 2 is 1.54 bits per heavy atom. The summed E-state index contributed by atoms with van der Waals surface area (Å²) in [6.45, 7) is 7.14. The second-order valence-electron chi connectivity index (χ2n) is 7.02. The summed E-state index contributed by atoms with van der Waals surface area (Å²) in [6.07, 6.45) is 6.45. The Morgan fingerprint density at radius 1 is 0.875 bits per heavy atom. The lowest BCUT2D eigenvalue weighted by Gasteiger charge is -2.42. The maximum Gasteiger partial charge on any atom is 0.0647 e. The average molecular weight is 325 g/mol. The van der Waals surface area contributed by atoms with Gasteiger partial charge in [0.25, 0.3) is 0 Å². The molecule has 2 fully saturated rings. The van der Waals surface area contributed by atoms with Crippen LogP contribution in [0.4, 0.5) is 5.69 Å². The molecule has 2 aromatic rings. The number of rotatable bonds is 3. The topological polar surface area (TPSA) is 27.5 Å². The van der Waals surface area contributed by atoms with E-state index >= 15 is 0 Å². The van der Waals surface area contributed by atoms with Crippen LogP contribution in [0.5, 0.6) is 0 Å². The number of aromatic nitrogens is 2. The molecule has 0 radical (unpaired) electrons. The lowest BCUT2D eigenvalue weighted by Crippen LogP contribution is -2.53. The van der Waals surface area contributed by atoms with Crippen LogP contribution in [0, 0.1) is 0 Å². The van der Waals surface area contributed by atoms with Crippen LogP contribution in [0.3, 0.4) is 0 Å². The van der Waals surface area contributed by atoms with Gasteiger partial charge in [-0.2, -0.15) is 5.10 Å². The Kier molecular flexibility index (Phi) is 4.54. The standard InChI is InChI=1S/C19H27N5/c1-21-11-7-18(8-12-21)23-15-13-22(14-16-23)17-3-5-19(6-4-17)24-10-2-9-20-24/h2-6,9-10,18H,7-8,11-16H2,1H3. The van der Waals surface area contributed by atoms with Crippen LogP contribution in [0.2, 0.25) is 0 Å². The van der Waals surface area contributed by atoms with Crippen molar-refractivity contribution < 1.29 is 0 Å². The summed E-state index contributed by atoms with van der Waals surface area (Å²) < 4.78 is 1.90. The molecule has 2 aliphatic rings. The van der Waals surface area contributed by atoms with Crippen LogP contribution in [0.1, 0.15) is 12.8 Å². The third-order valence-corrected chi connectivity index (χ3v) is 5.50. The molecule has 0 aliphatic carbocycles. The van der Waals surface area contributed by atoms with Crippen LogP contribution < -0.4 is 4.90 Å². The van der Waals surface area contributed by atoms with E-state index in [1.54, 1.807) is 0 Å². The molecule has 5 heteroatoms. The predicted octanol–water partition coefficient (Wildman–Crippen LogP) is 2.09. The van der Waals surface area contributed by atoms with Gasteiger partial charge < -0.3 is 9.80 Å². The van der Waals surface area contributed by atoms with E-state index in [4.69, 9.17) is 0 Å². The van der Waals surface area contributed by atoms with Gasteiger partial charge in [-0.15, -0.1) is 0 Å². The molecule has 0 saturated carbocycles. The summed E-state index contributed by atoms with van der Waals surface area (Å²) in [6, 6.07) is 11.5. The Labute approximate surface area is 144 Å². The molecule has 0 atom stereocenters. The zero-order valence-electron chi connectivity index (χ0n) is 14.5. The van der Waals surface area contributed by atoms with E-state index in [1.165, 1.54) is 44.7 Å². The number of anilines is 1. The molecule has 128 valence electrons. The molecule has 2 aliphatic heterocycles. The van der Waals surface area contributed by atoms with Crippen molar-refractivity contribution in [3.8, 4) is 5.69 Å². The van der Waals surface area contributed by atoms with E-state index in [9.17, 15) is 0 Å². The molecule has 1 aromatic carbocycles. The molecule has 3 heterocycles. The maximum atomic E-state index is 4.29. The summed E-state index contributed by atoms with van der Waals surface area (Å²) in [4.78, 5) is 7.67. The summed E-state index contributed by atoms with van der Waals surface area (Å²) in [5, 5.41) is 4.29.